The van der Waals surface area contributed by atoms with Crippen molar-refractivity contribution in [2.24, 2.45) is 5.73 Å². The lowest BCUT2D eigenvalue weighted by Gasteiger charge is -2.05. The minimum atomic E-state index is -0.955. The molecule has 5 nitrogen and oxygen atoms in total. The normalized spacial score (nSPS) is 12.8. The van der Waals surface area contributed by atoms with E-state index in [1.165, 1.54) is 12.5 Å². The van der Waals surface area contributed by atoms with E-state index >= 15 is 0 Å². The van der Waals surface area contributed by atoms with Gasteiger partial charge in [0.05, 0.1) is 18.4 Å². The van der Waals surface area contributed by atoms with Crippen LogP contribution in [0.2, 0.25) is 0 Å². The van der Waals surface area contributed by atoms with Gasteiger partial charge in [-0.3, -0.25) is 4.79 Å². The number of nitrogens with two attached hydrogens (primary N) is 2. The maximum absolute atomic E-state index is 10.3. The molecule has 0 bridgehead atoms. The SMILES string of the molecule is Nc1cocc1[C@@H](N)CC(=O)O. The van der Waals surface area contributed by atoms with Crippen molar-refractivity contribution in [3.8, 4) is 0 Å². The molecule has 1 aromatic rings. The summed E-state index contributed by atoms with van der Waals surface area (Å²) >= 11 is 0. The Kier molecular flexibility index (Phi) is 2.35. The molecule has 0 unspecified atom stereocenters. The number of carbonyl (C=O) groups is 1. The van der Waals surface area contributed by atoms with E-state index in [-0.39, 0.29) is 6.42 Å². The third-order valence-corrected chi connectivity index (χ3v) is 1.52. The number of aliphatic carboxylic acids is 1. The van der Waals surface area contributed by atoms with Crippen LogP contribution in [0, 0.1) is 0 Å². The molecule has 1 heterocycles. The molecule has 0 aliphatic rings. The number of carboxylic acids is 1. The van der Waals surface area contributed by atoms with Gasteiger partial charge >= 0.3 is 5.97 Å². The second-order valence-electron chi connectivity index (χ2n) is 2.49. The highest BCUT2D eigenvalue weighted by Gasteiger charge is 2.14. The van der Waals surface area contributed by atoms with E-state index in [4.69, 9.17) is 21.0 Å². The monoisotopic (exact) mass is 170 g/mol. The van der Waals surface area contributed by atoms with Gasteiger partial charge in [-0.2, -0.15) is 0 Å². The zero-order valence-electron chi connectivity index (χ0n) is 6.36. The molecule has 1 rings (SSSR count). The Morgan fingerprint density at radius 1 is 1.67 bits per heavy atom. The third-order valence-electron chi connectivity index (χ3n) is 1.52. The van der Waals surface area contributed by atoms with Gasteiger partial charge in [0.1, 0.15) is 6.26 Å². The van der Waals surface area contributed by atoms with Gasteiger partial charge in [-0.15, -0.1) is 0 Å². The summed E-state index contributed by atoms with van der Waals surface area (Å²) in [5, 5.41) is 8.42. The average molecular weight is 170 g/mol. The summed E-state index contributed by atoms with van der Waals surface area (Å²) < 4.78 is 4.75. The van der Waals surface area contributed by atoms with Gasteiger partial charge in [-0.05, 0) is 0 Å². The zero-order valence-corrected chi connectivity index (χ0v) is 6.36. The maximum atomic E-state index is 10.3. The fourth-order valence-electron chi connectivity index (χ4n) is 0.916. The van der Waals surface area contributed by atoms with E-state index in [2.05, 4.69) is 0 Å². The molecule has 0 aliphatic carbocycles. The van der Waals surface area contributed by atoms with E-state index in [1.54, 1.807) is 0 Å². The molecule has 12 heavy (non-hydrogen) atoms. The van der Waals surface area contributed by atoms with E-state index < -0.39 is 12.0 Å². The molecule has 0 radical (unpaired) electrons. The summed E-state index contributed by atoms with van der Waals surface area (Å²) in [6.07, 6.45) is 2.55. The molecule has 66 valence electrons. The summed E-state index contributed by atoms with van der Waals surface area (Å²) in [4.78, 5) is 10.3. The Bertz CT molecular complexity index is 282. The topological polar surface area (TPSA) is 102 Å². The van der Waals surface area contributed by atoms with Crippen molar-refractivity contribution in [2.45, 2.75) is 12.5 Å². The highest BCUT2D eigenvalue weighted by Crippen LogP contribution is 2.21. The fourth-order valence-corrected chi connectivity index (χ4v) is 0.916. The summed E-state index contributed by atoms with van der Waals surface area (Å²) in [5.74, 6) is -0.955. The van der Waals surface area contributed by atoms with E-state index in [0.29, 0.717) is 11.3 Å². The molecule has 0 aliphatic heterocycles. The van der Waals surface area contributed by atoms with E-state index in [0.717, 1.165) is 0 Å². The number of nitrogen functional groups attached to an aromatic ring is 1. The van der Waals surface area contributed by atoms with Crippen LogP contribution >= 0.6 is 0 Å². The van der Waals surface area contributed by atoms with Crippen molar-refractivity contribution >= 4 is 11.7 Å². The molecule has 5 N–H and O–H groups in total. The molecule has 0 fully saturated rings. The van der Waals surface area contributed by atoms with Gasteiger partial charge in [0, 0.05) is 11.6 Å². The Labute approximate surface area is 69.0 Å². The van der Waals surface area contributed by atoms with Gasteiger partial charge in [-0.25, -0.2) is 0 Å². The van der Waals surface area contributed by atoms with Crippen molar-refractivity contribution in [2.75, 3.05) is 5.73 Å². The van der Waals surface area contributed by atoms with Crippen LogP contribution in [0.3, 0.4) is 0 Å². The fraction of sp³-hybridized carbons (Fsp3) is 0.286. The first-order chi connectivity index (χ1) is 5.61. The number of rotatable bonds is 3. The Morgan fingerprint density at radius 2 is 2.33 bits per heavy atom. The van der Waals surface area contributed by atoms with Crippen molar-refractivity contribution in [3.63, 3.8) is 0 Å². The van der Waals surface area contributed by atoms with Crippen LogP contribution in [0.1, 0.15) is 18.0 Å². The summed E-state index contributed by atoms with van der Waals surface area (Å²) in [6.45, 7) is 0. The molecule has 5 heteroatoms. The van der Waals surface area contributed by atoms with Gasteiger partial charge in [0.25, 0.3) is 0 Å². The van der Waals surface area contributed by atoms with Crippen molar-refractivity contribution in [1.82, 2.24) is 0 Å². The molecule has 1 aromatic heterocycles. The molecule has 0 saturated heterocycles. The van der Waals surface area contributed by atoms with Crippen LogP contribution in [0.4, 0.5) is 5.69 Å². The number of anilines is 1. The van der Waals surface area contributed by atoms with Crippen LogP contribution < -0.4 is 11.5 Å². The first-order valence-corrected chi connectivity index (χ1v) is 3.40. The van der Waals surface area contributed by atoms with Crippen molar-refractivity contribution in [3.05, 3.63) is 18.1 Å². The largest absolute Gasteiger partial charge is 0.481 e. The predicted molar refractivity (Wildman–Crippen MR) is 42.3 cm³/mol. The summed E-state index contributed by atoms with van der Waals surface area (Å²) in [6, 6.07) is -0.596. The lowest BCUT2D eigenvalue weighted by molar-refractivity contribution is -0.137. The van der Waals surface area contributed by atoms with E-state index in [9.17, 15) is 4.79 Å². The van der Waals surface area contributed by atoms with Gasteiger partial charge in [-0.1, -0.05) is 0 Å². The van der Waals surface area contributed by atoms with Crippen molar-refractivity contribution < 1.29 is 14.3 Å². The first kappa shape index (κ1) is 8.61. The average Bonchev–Trinajstić information content (AvgIpc) is 2.33. The Hall–Kier alpha value is -1.49. The molecule has 1 atom stereocenters. The van der Waals surface area contributed by atoms with Crippen molar-refractivity contribution in [1.29, 1.82) is 0 Å². The molecular formula is C7H10N2O3. The zero-order chi connectivity index (χ0) is 9.14. The number of furan rings is 1. The second kappa shape index (κ2) is 3.27. The van der Waals surface area contributed by atoms with Crippen LogP contribution in [0.5, 0.6) is 0 Å². The Balaban J connectivity index is 2.71. The minimum absolute atomic E-state index is 0.149. The maximum Gasteiger partial charge on any atom is 0.305 e. The summed E-state index contributed by atoms with van der Waals surface area (Å²) in [5.41, 5.74) is 11.9. The molecule has 0 spiro atoms. The number of carboxylic acid groups (broad SMARTS) is 1. The molecule has 0 aromatic carbocycles. The lowest BCUT2D eigenvalue weighted by Crippen LogP contribution is -2.15. The molecule has 0 saturated carbocycles. The minimum Gasteiger partial charge on any atom is -0.481 e. The van der Waals surface area contributed by atoms with Crippen LogP contribution in [0.15, 0.2) is 16.9 Å². The summed E-state index contributed by atoms with van der Waals surface area (Å²) in [7, 11) is 0. The molecular weight excluding hydrogens is 160 g/mol. The molecule has 0 amide bonds. The standard InChI is InChI=1S/C7H10N2O3/c8-5(1-7(10)11)4-2-12-3-6(4)9/h2-3,5H,1,8-9H2,(H,10,11)/t5-/m0/s1. The third kappa shape index (κ3) is 1.76. The Morgan fingerprint density at radius 3 is 2.75 bits per heavy atom. The van der Waals surface area contributed by atoms with Gasteiger partial charge < -0.3 is 21.0 Å². The van der Waals surface area contributed by atoms with Gasteiger partial charge in [0.15, 0.2) is 0 Å². The highest BCUT2D eigenvalue weighted by atomic mass is 16.4. The van der Waals surface area contributed by atoms with E-state index in [1.807, 2.05) is 0 Å². The predicted octanol–water partition coefficient (Wildman–Crippen LogP) is 0.336. The van der Waals surface area contributed by atoms with Gasteiger partial charge in [0.2, 0.25) is 0 Å². The quantitative estimate of drug-likeness (QED) is 0.606. The van der Waals surface area contributed by atoms with Crippen LogP contribution in [-0.2, 0) is 4.79 Å². The van der Waals surface area contributed by atoms with Crippen LogP contribution in [0.25, 0.3) is 0 Å². The van der Waals surface area contributed by atoms with Crippen LogP contribution in [-0.4, -0.2) is 11.1 Å². The second-order valence-corrected chi connectivity index (χ2v) is 2.49. The highest BCUT2D eigenvalue weighted by molar-refractivity contribution is 5.68. The first-order valence-electron chi connectivity index (χ1n) is 3.40. The lowest BCUT2D eigenvalue weighted by atomic mass is 10.1. The number of hydrogen-bond acceptors (Lipinski definition) is 4. The smallest absolute Gasteiger partial charge is 0.305 e. The number of hydrogen-bond donors (Lipinski definition) is 3.